The molecule has 3 rings (SSSR count). The molecular formula is C18H28N4O3. The van der Waals surface area contributed by atoms with E-state index in [1.165, 1.54) is 19.3 Å². The number of H-pyrrole nitrogens is 1. The summed E-state index contributed by atoms with van der Waals surface area (Å²) in [6.07, 6.45) is 5.97. The second-order valence-electron chi connectivity index (χ2n) is 7.99. The summed E-state index contributed by atoms with van der Waals surface area (Å²) in [7, 11) is 0. The molecule has 0 bridgehead atoms. The zero-order valence-corrected chi connectivity index (χ0v) is 15.4. The lowest BCUT2D eigenvalue weighted by Gasteiger charge is -2.30. The molecule has 138 valence electrons. The SMILES string of the molecule is CC(C)(C)OC(=O)N1CCc2c(C(=O)NC3CCCCC3)n[nH]c2C1. The highest BCUT2D eigenvalue weighted by Gasteiger charge is 2.30. The van der Waals surface area contributed by atoms with Crippen LogP contribution < -0.4 is 5.32 Å². The summed E-state index contributed by atoms with van der Waals surface area (Å²) in [5.74, 6) is -0.102. The van der Waals surface area contributed by atoms with Crippen LogP contribution in [0.15, 0.2) is 0 Å². The minimum Gasteiger partial charge on any atom is -0.444 e. The Kier molecular flexibility index (Phi) is 5.01. The topological polar surface area (TPSA) is 87.3 Å². The minimum atomic E-state index is -0.517. The van der Waals surface area contributed by atoms with Crippen molar-refractivity contribution in [1.29, 1.82) is 0 Å². The first-order valence-electron chi connectivity index (χ1n) is 9.18. The smallest absolute Gasteiger partial charge is 0.410 e. The lowest BCUT2D eigenvalue weighted by atomic mass is 9.95. The van der Waals surface area contributed by atoms with Crippen LogP contribution in [0.25, 0.3) is 0 Å². The minimum absolute atomic E-state index is 0.102. The Bertz CT molecular complexity index is 641. The van der Waals surface area contributed by atoms with E-state index in [0.29, 0.717) is 25.2 Å². The summed E-state index contributed by atoms with van der Waals surface area (Å²) in [4.78, 5) is 26.4. The summed E-state index contributed by atoms with van der Waals surface area (Å²) in [6.45, 7) is 6.48. The Labute approximate surface area is 148 Å². The molecule has 1 aliphatic carbocycles. The first-order chi connectivity index (χ1) is 11.8. The van der Waals surface area contributed by atoms with E-state index in [0.717, 1.165) is 24.1 Å². The van der Waals surface area contributed by atoms with E-state index < -0.39 is 5.60 Å². The second kappa shape index (κ2) is 7.06. The van der Waals surface area contributed by atoms with Crippen molar-refractivity contribution in [1.82, 2.24) is 20.4 Å². The Morgan fingerprint density at radius 1 is 1.24 bits per heavy atom. The molecule has 0 saturated heterocycles. The average molecular weight is 348 g/mol. The van der Waals surface area contributed by atoms with E-state index in [1.54, 1.807) is 4.90 Å². The van der Waals surface area contributed by atoms with Crippen LogP contribution in [0.5, 0.6) is 0 Å². The van der Waals surface area contributed by atoms with Gasteiger partial charge in [0.25, 0.3) is 5.91 Å². The molecule has 1 aromatic rings. The molecule has 2 amide bonds. The molecule has 2 heterocycles. The van der Waals surface area contributed by atoms with Crippen molar-refractivity contribution in [3.05, 3.63) is 17.0 Å². The van der Waals surface area contributed by atoms with E-state index in [4.69, 9.17) is 4.74 Å². The summed E-state index contributed by atoms with van der Waals surface area (Å²) >= 11 is 0. The Balaban J connectivity index is 1.64. The number of hydrogen-bond donors (Lipinski definition) is 2. The van der Waals surface area contributed by atoms with Crippen molar-refractivity contribution in [2.24, 2.45) is 0 Å². The van der Waals surface area contributed by atoms with Gasteiger partial charge in [0.1, 0.15) is 5.60 Å². The first kappa shape index (κ1) is 17.8. The highest BCUT2D eigenvalue weighted by Crippen LogP contribution is 2.23. The van der Waals surface area contributed by atoms with Crippen molar-refractivity contribution in [2.75, 3.05) is 6.54 Å². The normalized spacial score (nSPS) is 18.6. The molecule has 1 saturated carbocycles. The van der Waals surface area contributed by atoms with Crippen LogP contribution in [0, 0.1) is 0 Å². The summed E-state index contributed by atoms with van der Waals surface area (Å²) in [5, 5.41) is 10.3. The van der Waals surface area contributed by atoms with Crippen LogP contribution in [-0.4, -0.2) is 45.3 Å². The number of nitrogens with one attached hydrogen (secondary N) is 2. The zero-order valence-electron chi connectivity index (χ0n) is 15.4. The van der Waals surface area contributed by atoms with Crippen molar-refractivity contribution in [2.45, 2.75) is 77.5 Å². The van der Waals surface area contributed by atoms with E-state index in [9.17, 15) is 9.59 Å². The molecule has 2 N–H and O–H groups in total. The fourth-order valence-corrected chi connectivity index (χ4v) is 3.49. The van der Waals surface area contributed by atoms with Crippen molar-refractivity contribution < 1.29 is 14.3 Å². The molecule has 1 aromatic heterocycles. The van der Waals surface area contributed by atoms with Gasteiger partial charge in [0.05, 0.1) is 12.2 Å². The maximum atomic E-state index is 12.6. The molecule has 1 aliphatic heterocycles. The molecule has 1 fully saturated rings. The second-order valence-corrected chi connectivity index (χ2v) is 7.99. The third kappa shape index (κ3) is 4.32. The van der Waals surface area contributed by atoms with E-state index in [2.05, 4.69) is 15.5 Å². The van der Waals surface area contributed by atoms with Crippen molar-refractivity contribution >= 4 is 12.0 Å². The highest BCUT2D eigenvalue weighted by atomic mass is 16.6. The maximum absolute atomic E-state index is 12.6. The summed E-state index contributed by atoms with van der Waals surface area (Å²) in [5.41, 5.74) is 1.71. The first-order valence-corrected chi connectivity index (χ1v) is 9.18. The maximum Gasteiger partial charge on any atom is 0.410 e. The lowest BCUT2D eigenvalue weighted by molar-refractivity contribution is 0.0221. The van der Waals surface area contributed by atoms with Gasteiger partial charge >= 0.3 is 6.09 Å². The molecule has 0 aromatic carbocycles. The number of fused-ring (bicyclic) bond motifs is 1. The van der Waals surface area contributed by atoms with Gasteiger partial charge < -0.3 is 15.0 Å². The molecule has 7 heteroatoms. The number of amides is 2. The number of carbonyl (C=O) groups is 2. The Hall–Kier alpha value is -2.05. The molecule has 7 nitrogen and oxygen atoms in total. The zero-order chi connectivity index (χ0) is 18.0. The monoisotopic (exact) mass is 348 g/mol. The number of hydrogen-bond acceptors (Lipinski definition) is 4. The largest absolute Gasteiger partial charge is 0.444 e. The van der Waals surface area contributed by atoms with Gasteiger partial charge in [-0.3, -0.25) is 9.89 Å². The average Bonchev–Trinajstić information content (AvgIpc) is 2.97. The van der Waals surface area contributed by atoms with E-state index in [1.807, 2.05) is 20.8 Å². The molecule has 0 unspecified atom stereocenters. The highest BCUT2D eigenvalue weighted by molar-refractivity contribution is 5.94. The lowest BCUT2D eigenvalue weighted by Crippen LogP contribution is -2.40. The van der Waals surface area contributed by atoms with Crippen LogP contribution in [0.1, 0.15) is 74.6 Å². The molecule has 2 aliphatic rings. The quantitative estimate of drug-likeness (QED) is 0.860. The fraction of sp³-hybridized carbons (Fsp3) is 0.722. The fourth-order valence-electron chi connectivity index (χ4n) is 3.49. The van der Waals surface area contributed by atoms with Crippen molar-refractivity contribution in [3.8, 4) is 0 Å². The molecule has 25 heavy (non-hydrogen) atoms. The number of aromatic nitrogens is 2. The number of aromatic amines is 1. The Morgan fingerprint density at radius 3 is 2.64 bits per heavy atom. The third-order valence-electron chi connectivity index (χ3n) is 4.74. The van der Waals surface area contributed by atoms with Crippen LogP contribution >= 0.6 is 0 Å². The van der Waals surface area contributed by atoms with E-state index in [-0.39, 0.29) is 18.0 Å². The van der Waals surface area contributed by atoms with Gasteiger partial charge in [0, 0.05) is 18.2 Å². The van der Waals surface area contributed by atoms with Gasteiger partial charge in [-0.15, -0.1) is 0 Å². The van der Waals surface area contributed by atoms with Crippen molar-refractivity contribution in [3.63, 3.8) is 0 Å². The molecule has 0 radical (unpaired) electrons. The molecule has 0 spiro atoms. The van der Waals surface area contributed by atoms with Gasteiger partial charge in [0.2, 0.25) is 0 Å². The van der Waals surface area contributed by atoms with Gasteiger partial charge in [-0.2, -0.15) is 5.10 Å². The predicted molar refractivity (Wildman–Crippen MR) is 93.3 cm³/mol. The predicted octanol–water partition coefficient (Wildman–Crippen LogP) is 2.77. The number of nitrogens with zero attached hydrogens (tertiary/aromatic N) is 2. The van der Waals surface area contributed by atoms with Gasteiger partial charge in [-0.25, -0.2) is 4.79 Å². The summed E-state index contributed by atoms with van der Waals surface area (Å²) in [6, 6.07) is 0.260. The summed E-state index contributed by atoms with van der Waals surface area (Å²) < 4.78 is 5.42. The standard InChI is InChI=1S/C18H28N4O3/c1-18(2,3)25-17(24)22-10-9-13-14(11-22)20-21-15(13)16(23)19-12-7-5-4-6-8-12/h12H,4-11H2,1-3H3,(H,19,23)(H,20,21). The van der Waals surface area contributed by atoms with E-state index >= 15 is 0 Å². The number of carbonyl (C=O) groups excluding carboxylic acids is 2. The van der Waals surface area contributed by atoms with Crippen LogP contribution in [0.2, 0.25) is 0 Å². The van der Waals surface area contributed by atoms with Crippen LogP contribution in [0.4, 0.5) is 4.79 Å². The molecule has 0 atom stereocenters. The number of ether oxygens (including phenoxy) is 1. The van der Waals surface area contributed by atoms with Gasteiger partial charge in [-0.1, -0.05) is 19.3 Å². The van der Waals surface area contributed by atoms with Crippen LogP contribution in [-0.2, 0) is 17.7 Å². The van der Waals surface area contributed by atoms with Crippen LogP contribution in [0.3, 0.4) is 0 Å². The van der Waals surface area contributed by atoms with Gasteiger partial charge in [0.15, 0.2) is 5.69 Å². The molecular weight excluding hydrogens is 320 g/mol. The Morgan fingerprint density at radius 2 is 1.96 bits per heavy atom. The van der Waals surface area contributed by atoms with Gasteiger partial charge in [-0.05, 0) is 40.0 Å². The number of rotatable bonds is 2. The third-order valence-corrected chi connectivity index (χ3v) is 4.74.